The molecule has 0 N–H and O–H groups in total. The van der Waals surface area contributed by atoms with Gasteiger partial charge in [0.2, 0.25) is 0 Å². The van der Waals surface area contributed by atoms with Crippen LogP contribution in [0.1, 0.15) is 45.5 Å². The van der Waals surface area contributed by atoms with E-state index in [1.807, 2.05) is 23.6 Å². The van der Waals surface area contributed by atoms with E-state index in [4.69, 9.17) is 16.6 Å². The van der Waals surface area contributed by atoms with Crippen LogP contribution in [0.5, 0.6) is 0 Å². The Labute approximate surface area is 166 Å². The maximum Gasteiger partial charge on any atom is 0.261 e. The van der Waals surface area contributed by atoms with E-state index in [9.17, 15) is 4.79 Å². The van der Waals surface area contributed by atoms with Gasteiger partial charge in [-0.1, -0.05) is 31.9 Å². The molecule has 1 unspecified atom stereocenters. The molecule has 0 spiro atoms. The zero-order chi connectivity index (χ0) is 19.6. The van der Waals surface area contributed by atoms with Crippen LogP contribution in [0.25, 0.3) is 10.9 Å². The van der Waals surface area contributed by atoms with E-state index in [0.29, 0.717) is 22.9 Å². The minimum Gasteiger partial charge on any atom is -0.305 e. The van der Waals surface area contributed by atoms with Crippen molar-refractivity contribution in [3.63, 3.8) is 0 Å². The fourth-order valence-corrected chi connectivity index (χ4v) is 4.45. The SMILES string of the molecule is CCCC(c1nc2ccc(Cl)cc2c(=O)n1CC)N1CCN(C)C[C@H](C)C1. The summed E-state index contributed by atoms with van der Waals surface area (Å²) in [4.78, 5) is 23.0. The second-order valence-electron chi connectivity index (χ2n) is 7.85. The highest BCUT2D eigenvalue weighted by atomic mass is 35.5. The molecule has 2 aromatic rings. The maximum atomic E-state index is 13.1. The number of aromatic nitrogens is 2. The minimum atomic E-state index is 0.0149. The average molecular weight is 391 g/mol. The molecule has 2 atom stereocenters. The summed E-state index contributed by atoms with van der Waals surface area (Å²) < 4.78 is 1.85. The van der Waals surface area contributed by atoms with E-state index in [1.54, 1.807) is 6.07 Å². The van der Waals surface area contributed by atoms with Crippen molar-refractivity contribution in [2.45, 2.75) is 46.2 Å². The van der Waals surface area contributed by atoms with Gasteiger partial charge in [-0.15, -0.1) is 0 Å². The van der Waals surface area contributed by atoms with E-state index < -0.39 is 0 Å². The Hall–Kier alpha value is -1.43. The van der Waals surface area contributed by atoms with Gasteiger partial charge < -0.3 is 4.90 Å². The molecule has 6 heteroatoms. The van der Waals surface area contributed by atoms with Crippen molar-refractivity contribution >= 4 is 22.5 Å². The quantitative estimate of drug-likeness (QED) is 0.778. The molecule has 148 valence electrons. The number of hydrogen-bond donors (Lipinski definition) is 0. The number of likely N-dealkylation sites (N-methyl/N-ethyl adjacent to an activating group) is 1. The van der Waals surface area contributed by atoms with E-state index in [0.717, 1.165) is 50.4 Å². The van der Waals surface area contributed by atoms with Gasteiger partial charge in [-0.05, 0) is 44.5 Å². The van der Waals surface area contributed by atoms with E-state index in [-0.39, 0.29) is 11.6 Å². The molecular weight excluding hydrogens is 360 g/mol. The number of halogens is 1. The van der Waals surface area contributed by atoms with Crippen molar-refractivity contribution < 1.29 is 0 Å². The van der Waals surface area contributed by atoms with Gasteiger partial charge in [0.05, 0.1) is 16.9 Å². The molecule has 1 fully saturated rings. The Morgan fingerprint density at radius 1 is 1.26 bits per heavy atom. The van der Waals surface area contributed by atoms with Crippen molar-refractivity contribution in [3.05, 3.63) is 39.4 Å². The molecule has 0 saturated carbocycles. The first-order valence-corrected chi connectivity index (χ1v) is 10.4. The van der Waals surface area contributed by atoms with Crippen LogP contribution in [0.2, 0.25) is 5.02 Å². The van der Waals surface area contributed by atoms with Crippen molar-refractivity contribution in [1.29, 1.82) is 0 Å². The Kier molecular flexibility index (Phi) is 6.56. The lowest BCUT2D eigenvalue weighted by atomic mass is 10.1. The normalized spacial score (nSPS) is 20.7. The molecule has 0 radical (unpaired) electrons. The molecule has 0 bridgehead atoms. The molecule has 1 aromatic carbocycles. The van der Waals surface area contributed by atoms with Crippen molar-refractivity contribution in [2.75, 3.05) is 33.2 Å². The first-order chi connectivity index (χ1) is 12.9. The van der Waals surface area contributed by atoms with Gasteiger partial charge in [0, 0.05) is 37.7 Å². The lowest BCUT2D eigenvalue weighted by molar-refractivity contribution is 0.167. The van der Waals surface area contributed by atoms with Gasteiger partial charge >= 0.3 is 0 Å². The second-order valence-corrected chi connectivity index (χ2v) is 8.28. The van der Waals surface area contributed by atoms with Crippen LogP contribution in [0, 0.1) is 5.92 Å². The zero-order valence-electron chi connectivity index (χ0n) is 16.9. The predicted molar refractivity (Wildman–Crippen MR) is 113 cm³/mol. The van der Waals surface area contributed by atoms with Gasteiger partial charge in [-0.25, -0.2) is 4.98 Å². The monoisotopic (exact) mass is 390 g/mol. The third-order valence-corrected chi connectivity index (χ3v) is 5.74. The van der Waals surface area contributed by atoms with Crippen molar-refractivity contribution in [2.24, 2.45) is 5.92 Å². The lowest BCUT2D eigenvalue weighted by Crippen LogP contribution is -2.38. The van der Waals surface area contributed by atoms with E-state index in [1.165, 1.54) is 0 Å². The van der Waals surface area contributed by atoms with Crippen LogP contribution < -0.4 is 5.56 Å². The first-order valence-electron chi connectivity index (χ1n) is 10.1. The molecule has 2 heterocycles. The van der Waals surface area contributed by atoms with Crippen LogP contribution in [0.3, 0.4) is 0 Å². The fourth-order valence-electron chi connectivity index (χ4n) is 4.27. The van der Waals surface area contributed by atoms with Crippen LogP contribution in [-0.4, -0.2) is 52.6 Å². The number of hydrogen-bond acceptors (Lipinski definition) is 4. The Morgan fingerprint density at radius 3 is 2.74 bits per heavy atom. The molecule has 3 rings (SSSR count). The molecule has 1 saturated heterocycles. The molecule has 0 aliphatic carbocycles. The highest BCUT2D eigenvalue weighted by Crippen LogP contribution is 2.27. The summed E-state index contributed by atoms with van der Waals surface area (Å²) in [6.45, 7) is 11.3. The second kappa shape index (κ2) is 8.72. The van der Waals surface area contributed by atoms with Gasteiger partial charge in [0.1, 0.15) is 5.82 Å². The maximum absolute atomic E-state index is 13.1. The summed E-state index contributed by atoms with van der Waals surface area (Å²) in [5.74, 6) is 1.49. The summed E-state index contributed by atoms with van der Waals surface area (Å²) in [5.41, 5.74) is 0.756. The van der Waals surface area contributed by atoms with Crippen LogP contribution in [0.4, 0.5) is 0 Å². The summed E-state index contributed by atoms with van der Waals surface area (Å²) >= 11 is 6.12. The summed E-state index contributed by atoms with van der Waals surface area (Å²) in [6.07, 6.45) is 2.06. The molecule has 0 amide bonds. The molecule has 1 aromatic heterocycles. The Morgan fingerprint density at radius 2 is 2.04 bits per heavy atom. The number of rotatable bonds is 5. The topological polar surface area (TPSA) is 41.4 Å². The van der Waals surface area contributed by atoms with Crippen molar-refractivity contribution in [1.82, 2.24) is 19.4 Å². The summed E-state index contributed by atoms with van der Waals surface area (Å²) in [6, 6.07) is 5.58. The minimum absolute atomic E-state index is 0.0149. The van der Waals surface area contributed by atoms with Gasteiger partial charge in [0.25, 0.3) is 5.56 Å². The first kappa shape index (κ1) is 20.3. The molecule has 1 aliphatic heterocycles. The highest BCUT2D eigenvalue weighted by molar-refractivity contribution is 6.31. The van der Waals surface area contributed by atoms with Crippen LogP contribution in [-0.2, 0) is 6.54 Å². The smallest absolute Gasteiger partial charge is 0.261 e. The average Bonchev–Trinajstić information content (AvgIpc) is 2.80. The predicted octanol–water partition coefficient (Wildman–Crippen LogP) is 3.79. The summed E-state index contributed by atoms with van der Waals surface area (Å²) in [7, 11) is 2.19. The van der Waals surface area contributed by atoms with Crippen LogP contribution in [0.15, 0.2) is 23.0 Å². The molecule has 1 aliphatic rings. The standard InChI is InChI=1S/C21H31ClN4O/c1-5-7-19(25-11-10-24(4)13-15(3)14-25)20-23-18-9-8-16(22)12-17(18)21(27)26(20)6-2/h8-9,12,15,19H,5-7,10-11,13-14H2,1-4H3/t15-,19?/m0/s1. The summed E-state index contributed by atoms with van der Waals surface area (Å²) in [5, 5.41) is 1.18. The lowest BCUT2D eigenvalue weighted by Gasteiger charge is -2.32. The molecular formula is C21H31ClN4O. The van der Waals surface area contributed by atoms with Crippen LogP contribution >= 0.6 is 11.6 Å². The van der Waals surface area contributed by atoms with Crippen molar-refractivity contribution in [3.8, 4) is 0 Å². The third kappa shape index (κ3) is 4.36. The van der Waals surface area contributed by atoms with E-state index >= 15 is 0 Å². The number of fused-ring (bicyclic) bond motifs is 1. The number of benzene rings is 1. The fraction of sp³-hybridized carbons (Fsp3) is 0.619. The Balaban J connectivity index is 2.10. The van der Waals surface area contributed by atoms with Gasteiger partial charge in [-0.3, -0.25) is 14.3 Å². The van der Waals surface area contributed by atoms with Gasteiger partial charge in [0.15, 0.2) is 0 Å². The largest absolute Gasteiger partial charge is 0.305 e. The highest BCUT2D eigenvalue weighted by Gasteiger charge is 2.28. The number of nitrogens with zero attached hydrogens (tertiary/aromatic N) is 4. The Bertz CT molecular complexity index is 850. The van der Waals surface area contributed by atoms with Gasteiger partial charge in [-0.2, -0.15) is 0 Å². The van der Waals surface area contributed by atoms with E-state index in [2.05, 4.69) is 30.7 Å². The third-order valence-electron chi connectivity index (χ3n) is 5.50. The molecule has 27 heavy (non-hydrogen) atoms. The molecule has 5 nitrogen and oxygen atoms in total. The zero-order valence-corrected chi connectivity index (χ0v) is 17.7.